The Balaban J connectivity index is 2.83. The first-order valence-corrected chi connectivity index (χ1v) is 3.30. The van der Waals surface area contributed by atoms with E-state index in [1.807, 2.05) is 6.21 Å². The van der Waals surface area contributed by atoms with Crippen LogP contribution in [0.5, 0.6) is 0 Å². The number of dihydropyridines is 1. The fraction of sp³-hybridized carbons (Fsp3) is 0.625. The summed E-state index contributed by atoms with van der Waals surface area (Å²) in [6, 6.07) is 0. The van der Waals surface area contributed by atoms with Crippen LogP contribution in [-0.4, -0.2) is 12.8 Å². The van der Waals surface area contributed by atoms with Crippen molar-refractivity contribution in [1.82, 2.24) is 0 Å². The van der Waals surface area contributed by atoms with Crippen molar-refractivity contribution in [3.05, 3.63) is 11.6 Å². The summed E-state index contributed by atoms with van der Waals surface area (Å²) in [5.74, 6) is 0. The Morgan fingerprint density at radius 1 is 1.56 bits per heavy atom. The largest absolute Gasteiger partial charge is 0.292 e. The molecular formula is C8H13N. The van der Waals surface area contributed by atoms with Crippen LogP contribution in [0, 0.1) is 5.41 Å². The minimum absolute atomic E-state index is 0.300. The fourth-order valence-electron chi connectivity index (χ4n) is 0.796. The third-order valence-corrected chi connectivity index (χ3v) is 1.98. The molecule has 9 heavy (non-hydrogen) atoms. The number of hydrogen-bond acceptors (Lipinski definition) is 1. The molecule has 1 nitrogen and oxygen atoms in total. The maximum absolute atomic E-state index is 4.18. The highest BCUT2D eigenvalue weighted by Gasteiger charge is 2.20. The van der Waals surface area contributed by atoms with Crippen molar-refractivity contribution in [3.63, 3.8) is 0 Å². The Hall–Kier alpha value is -0.590. The van der Waals surface area contributed by atoms with Crippen molar-refractivity contribution in [2.75, 3.05) is 6.54 Å². The summed E-state index contributed by atoms with van der Waals surface area (Å²) in [6.45, 7) is 7.53. The maximum atomic E-state index is 4.18. The van der Waals surface area contributed by atoms with E-state index in [9.17, 15) is 0 Å². The zero-order chi connectivity index (χ0) is 6.91. The van der Waals surface area contributed by atoms with Crippen molar-refractivity contribution < 1.29 is 0 Å². The second-order valence-electron chi connectivity index (χ2n) is 3.22. The molecule has 0 aromatic rings. The molecule has 0 radical (unpaired) electrons. The molecule has 1 rings (SSSR count). The first-order valence-electron chi connectivity index (χ1n) is 3.30. The van der Waals surface area contributed by atoms with Gasteiger partial charge in [0.05, 0.1) is 0 Å². The molecule has 0 spiro atoms. The van der Waals surface area contributed by atoms with E-state index in [2.05, 4.69) is 31.8 Å². The predicted molar refractivity (Wildman–Crippen MR) is 40.9 cm³/mol. The first kappa shape index (κ1) is 6.53. The molecule has 0 aromatic heterocycles. The van der Waals surface area contributed by atoms with Crippen LogP contribution in [0.25, 0.3) is 0 Å². The van der Waals surface area contributed by atoms with Crippen molar-refractivity contribution in [3.8, 4) is 0 Å². The van der Waals surface area contributed by atoms with Gasteiger partial charge in [0.1, 0.15) is 0 Å². The number of allylic oxidation sites excluding steroid dienone is 1. The van der Waals surface area contributed by atoms with Crippen LogP contribution in [0.4, 0.5) is 0 Å². The van der Waals surface area contributed by atoms with Crippen LogP contribution in [0.15, 0.2) is 16.6 Å². The maximum Gasteiger partial charge on any atom is 0.0477 e. The lowest BCUT2D eigenvalue weighted by Gasteiger charge is -2.25. The van der Waals surface area contributed by atoms with Crippen molar-refractivity contribution in [1.29, 1.82) is 0 Å². The summed E-state index contributed by atoms with van der Waals surface area (Å²) >= 11 is 0. The van der Waals surface area contributed by atoms with Crippen LogP contribution >= 0.6 is 0 Å². The molecule has 0 bridgehead atoms. The molecule has 0 aliphatic carbocycles. The lowest BCUT2D eigenvalue weighted by Crippen LogP contribution is -2.19. The van der Waals surface area contributed by atoms with Gasteiger partial charge in [0, 0.05) is 18.2 Å². The average Bonchev–Trinajstić information content (AvgIpc) is 1.77. The van der Waals surface area contributed by atoms with Gasteiger partial charge < -0.3 is 0 Å². The van der Waals surface area contributed by atoms with Gasteiger partial charge in [-0.3, -0.25) is 4.99 Å². The molecule has 0 amide bonds. The molecule has 0 fully saturated rings. The van der Waals surface area contributed by atoms with E-state index in [1.54, 1.807) is 0 Å². The van der Waals surface area contributed by atoms with Crippen LogP contribution in [0.3, 0.4) is 0 Å². The Kier molecular flexibility index (Phi) is 1.43. The highest BCUT2D eigenvalue weighted by Crippen LogP contribution is 2.27. The number of hydrogen-bond donors (Lipinski definition) is 0. The van der Waals surface area contributed by atoms with E-state index >= 15 is 0 Å². The molecule has 0 N–H and O–H groups in total. The lowest BCUT2D eigenvalue weighted by atomic mass is 9.84. The molecule has 0 saturated carbocycles. The summed E-state index contributed by atoms with van der Waals surface area (Å²) in [5.41, 5.74) is 1.73. The highest BCUT2D eigenvalue weighted by atomic mass is 14.7. The van der Waals surface area contributed by atoms with E-state index in [0.717, 1.165) is 6.54 Å². The third-order valence-electron chi connectivity index (χ3n) is 1.98. The molecule has 50 valence electrons. The van der Waals surface area contributed by atoms with E-state index in [0.29, 0.717) is 5.41 Å². The van der Waals surface area contributed by atoms with Gasteiger partial charge in [-0.1, -0.05) is 19.4 Å². The molecule has 1 heteroatoms. The van der Waals surface area contributed by atoms with Crippen LogP contribution in [0.1, 0.15) is 20.8 Å². The van der Waals surface area contributed by atoms with E-state index in [-0.39, 0.29) is 0 Å². The van der Waals surface area contributed by atoms with Gasteiger partial charge in [0.25, 0.3) is 0 Å². The van der Waals surface area contributed by atoms with Gasteiger partial charge in [-0.05, 0) is 13.0 Å². The minimum atomic E-state index is 0.300. The smallest absolute Gasteiger partial charge is 0.0477 e. The average molecular weight is 123 g/mol. The molecule has 1 aliphatic rings. The van der Waals surface area contributed by atoms with E-state index in [1.165, 1.54) is 5.57 Å². The zero-order valence-electron chi connectivity index (χ0n) is 6.31. The summed E-state index contributed by atoms with van der Waals surface area (Å²) in [7, 11) is 0. The monoisotopic (exact) mass is 123 g/mol. The number of rotatable bonds is 0. The normalized spacial score (nSPS) is 23.7. The zero-order valence-corrected chi connectivity index (χ0v) is 6.31. The Morgan fingerprint density at radius 2 is 2.22 bits per heavy atom. The van der Waals surface area contributed by atoms with E-state index < -0.39 is 0 Å². The van der Waals surface area contributed by atoms with Crippen molar-refractivity contribution >= 4 is 6.21 Å². The number of nitrogens with zero attached hydrogens (tertiary/aromatic N) is 1. The second-order valence-corrected chi connectivity index (χ2v) is 3.22. The fourth-order valence-corrected chi connectivity index (χ4v) is 0.796. The minimum Gasteiger partial charge on any atom is -0.292 e. The Bertz CT molecular complexity index is 163. The van der Waals surface area contributed by atoms with Gasteiger partial charge in [0.15, 0.2) is 0 Å². The quantitative estimate of drug-likeness (QED) is 0.467. The van der Waals surface area contributed by atoms with Crippen LogP contribution < -0.4 is 0 Å². The summed E-state index contributed by atoms with van der Waals surface area (Å²) in [5, 5.41) is 0. The van der Waals surface area contributed by atoms with Crippen LogP contribution in [0.2, 0.25) is 0 Å². The molecule has 0 saturated heterocycles. The molecule has 1 heterocycles. The van der Waals surface area contributed by atoms with Gasteiger partial charge in [-0.25, -0.2) is 0 Å². The SMILES string of the molecule is CC1=CC=NCC1(C)C. The molecule has 0 aromatic carbocycles. The number of aliphatic imine (C=N–C) groups is 1. The highest BCUT2D eigenvalue weighted by molar-refractivity contribution is 5.73. The van der Waals surface area contributed by atoms with Gasteiger partial charge in [0.2, 0.25) is 0 Å². The second kappa shape index (κ2) is 1.98. The van der Waals surface area contributed by atoms with Crippen LogP contribution in [-0.2, 0) is 0 Å². The standard InChI is InChI=1S/C8H13N/c1-7-4-5-9-6-8(7,2)3/h4-5H,6H2,1-3H3. The van der Waals surface area contributed by atoms with Crippen molar-refractivity contribution in [2.24, 2.45) is 10.4 Å². The van der Waals surface area contributed by atoms with E-state index in [4.69, 9.17) is 0 Å². The van der Waals surface area contributed by atoms with Crippen molar-refractivity contribution in [2.45, 2.75) is 20.8 Å². The topological polar surface area (TPSA) is 12.4 Å². The Morgan fingerprint density at radius 3 is 2.56 bits per heavy atom. The molecule has 0 unspecified atom stereocenters. The van der Waals surface area contributed by atoms with Gasteiger partial charge in [-0.2, -0.15) is 0 Å². The lowest BCUT2D eigenvalue weighted by molar-refractivity contribution is 0.459. The first-order chi connectivity index (χ1) is 4.13. The molecule has 0 atom stereocenters. The summed E-state index contributed by atoms with van der Waals surface area (Å²) in [4.78, 5) is 4.18. The molecular weight excluding hydrogens is 110 g/mol. The Labute approximate surface area is 56.5 Å². The van der Waals surface area contributed by atoms with Gasteiger partial charge >= 0.3 is 0 Å². The predicted octanol–water partition coefficient (Wildman–Crippen LogP) is 2.04. The summed E-state index contributed by atoms with van der Waals surface area (Å²) < 4.78 is 0. The molecule has 1 aliphatic heterocycles. The van der Waals surface area contributed by atoms with Gasteiger partial charge in [-0.15, -0.1) is 0 Å². The summed E-state index contributed by atoms with van der Waals surface area (Å²) in [6.07, 6.45) is 3.98. The third kappa shape index (κ3) is 1.21.